The summed E-state index contributed by atoms with van der Waals surface area (Å²) >= 11 is 14.2. The Bertz CT molecular complexity index is 403. The molecule has 0 aromatic carbocycles. The SMILES string of the molecule is Clc1ncc(COCc2cnc(Cl)s2)s1. The fraction of sp³-hybridized carbons (Fsp3) is 0.250. The van der Waals surface area contributed by atoms with Crippen molar-refractivity contribution in [2.24, 2.45) is 0 Å². The standard InChI is InChI=1S/C8H6Cl2N2OS2/c9-7-11-1-5(14-7)3-13-4-6-2-12-8(10)15-6/h1-2H,3-4H2. The summed E-state index contributed by atoms with van der Waals surface area (Å²) in [4.78, 5) is 9.86. The number of thiazole rings is 2. The number of rotatable bonds is 4. The molecule has 0 atom stereocenters. The van der Waals surface area contributed by atoms with Gasteiger partial charge in [-0.25, -0.2) is 9.97 Å². The third-order valence-electron chi connectivity index (χ3n) is 1.54. The summed E-state index contributed by atoms with van der Waals surface area (Å²) in [5.74, 6) is 0. The molecule has 0 saturated carbocycles. The van der Waals surface area contributed by atoms with Crippen LogP contribution in [-0.2, 0) is 18.0 Å². The molecule has 0 spiro atoms. The highest BCUT2D eigenvalue weighted by Crippen LogP contribution is 2.21. The number of ether oxygens (including phenoxy) is 1. The van der Waals surface area contributed by atoms with Crippen molar-refractivity contribution in [1.29, 1.82) is 0 Å². The molecule has 0 fully saturated rings. The van der Waals surface area contributed by atoms with E-state index in [0.717, 1.165) is 9.75 Å². The molecule has 3 nitrogen and oxygen atoms in total. The van der Waals surface area contributed by atoms with Gasteiger partial charge in [0.15, 0.2) is 8.93 Å². The van der Waals surface area contributed by atoms with Crippen LogP contribution in [0.1, 0.15) is 9.75 Å². The van der Waals surface area contributed by atoms with Gasteiger partial charge in [0.2, 0.25) is 0 Å². The van der Waals surface area contributed by atoms with Gasteiger partial charge in [0, 0.05) is 12.4 Å². The molecule has 80 valence electrons. The Morgan fingerprint density at radius 3 is 1.80 bits per heavy atom. The highest BCUT2D eigenvalue weighted by molar-refractivity contribution is 7.16. The molecular weight excluding hydrogens is 275 g/mol. The molecule has 0 bridgehead atoms. The molecule has 7 heteroatoms. The van der Waals surface area contributed by atoms with Crippen molar-refractivity contribution >= 4 is 45.9 Å². The van der Waals surface area contributed by atoms with Gasteiger partial charge in [0.25, 0.3) is 0 Å². The monoisotopic (exact) mass is 280 g/mol. The van der Waals surface area contributed by atoms with Crippen molar-refractivity contribution in [1.82, 2.24) is 9.97 Å². The van der Waals surface area contributed by atoms with Gasteiger partial charge < -0.3 is 4.74 Å². The Hall–Kier alpha value is -0.200. The van der Waals surface area contributed by atoms with E-state index in [1.54, 1.807) is 12.4 Å². The number of halogens is 2. The summed E-state index contributed by atoms with van der Waals surface area (Å²) in [7, 11) is 0. The van der Waals surface area contributed by atoms with E-state index in [4.69, 9.17) is 27.9 Å². The highest BCUT2D eigenvalue weighted by Gasteiger charge is 2.02. The predicted octanol–water partition coefficient (Wildman–Crippen LogP) is 3.62. The lowest BCUT2D eigenvalue weighted by atomic mass is 10.5. The van der Waals surface area contributed by atoms with Crippen LogP contribution in [0, 0.1) is 0 Å². The van der Waals surface area contributed by atoms with Gasteiger partial charge in [-0.05, 0) is 0 Å². The minimum absolute atomic E-state index is 0.514. The van der Waals surface area contributed by atoms with Crippen LogP contribution in [-0.4, -0.2) is 9.97 Å². The van der Waals surface area contributed by atoms with Crippen molar-refractivity contribution in [3.8, 4) is 0 Å². The highest BCUT2D eigenvalue weighted by atomic mass is 35.5. The summed E-state index contributed by atoms with van der Waals surface area (Å²) < 4.78 is 6.53. The molecule has 2 aromatic rings. The van der Waals surface area contributed by atoms with E-state index < -0.39 is 0 Å². The van der Waals surface area contributed by atoms with Crippen molar-refractivity contribution in [2.75, 3.05) is 0 Å². The number of hydrogen-bond donors (Lipinski definition) is 0. The van der Waals surface area contributed by atoms with E-state index in [1.807, 2.05) is 0 Å². The zero-order chi connectivity index (χ0) is 10.7. The minimum Gasteiger partial charge on any atom is -0.370 e. The van der Waals surface area contributed by atoms with E-state index in [0.29, 0.717) is 22.1 Å². The Kier molecular flexibility index (Phi) is 3.93. The maximum Gasteiger partial charge on any atom is 0.183 e. The molecule has 0 aliphatic carbocycles. The van der Waals surface area contributed by atoms with Crippen LogP contribution in [0.2, 0.25) is 8.93 Å². The maximum atomic E-state index is 5.69. The molecule has 0 N–H and O–H groups in total. The smallest absolute Gasteiger partial charge is 0.183 e. The van der Waals surface area contributed by atoms with E-state index >= 15 is 0 Å². The van der Waals surface area contributed by atoms with Crippen LogP contribution < -0.4 is 0 Å². The molecule has 2 aromatic heterocycles. The first kappa shape index (κ1) is 11.3. The van der Waals surface area contributed by atoms with Crippen LogP contribution in [0.3, 0.4) is 0 Å². The first-order valence-corrected chi connectivity index (χ1v) is 6.41. The average Bonchev–Trinajstić information content (AvgIpc) is 2.76. The van der Waals surface area contributed by atoms with Crippen molar-refractivity contribution in [2.45, 2.75) is 13.2 Å². The third-order valence-corrected chi connectivity index (χ3v) is 3.72. The Balaban J connectivity index is 1.80. The Morgan fingerprint density at radius 1 is 1.00 bits per heavy atom. The zero-order valence-electron chi connectivity index (χ0n) is 7.44. The lowest BCUT2D eigenvalue weighted by Gasteiger charge is -1.97. The topological polar surface area (TPSA) is 35.0 Å². The van der Waals surface area contributed by atoms with E-state index in [2.05, 4.69) is 9.97 Å². The van der Waals surface area contributed by atoms with E-state index in [-0.39, 0.29) is 0 Å². The minimum atomic E-state index is 0.514. The van der Waals surface area contributed by atoms with Crippen molar-refractivity contribution in [3.63, 3.8) is 0 Å². The van der Waals surface area contributed by atoms with Gasteiger partial charge in [-0.3, -0.25) is 0 Å². The Morgan fingerprint density at radius 2 is 1.47 bits per heavy atom. The molecule has 0 saturated heterocycles. The summed E-state index contributed by atoms with van der Waals surface area (Å²) in [6, 6.07) is 0. The van der Waals surface area contributed by atoms with Crippen LogP contribution in [0.5, 0.6) is 0 Å². The zero-order valence-corrected chi connectivity index (χ0v) is 10.6. The molecule has 2 rings (SSSR count). The molecule has 15 heavy (non-hydrogen) atoms. The largest absolute Gasteiger partial charge is 0.370 e. The van der Waals surface area contributed by atoms with Crippen molar-refractivity contribution in [3.05, 3.63) is 31.1 Å². The average molecular weight is 281 g/mol. The Labute approximate surface area is 105 Å². The number of hydrogen-bond acceptors (Lipinski definition) is 5. The van der Waals surface area contributed by atoms with E-state index in [1.165, 1.54) is 22.7 Å². The molecule has 0 aliphatic rings. The van der Waals surface area contributed by atoms with Gasteiger partial charge >= 0.3 is 0 Å². The normalized spacial score (nSPS) is 10.8. The van der Waals surface area contributed by atoms with E-state index in [9.17, 15) is 0 Å². The quantitative estimate of drug-likeness (QED) is 0.858. The third kappa shape index (κ3) is 3.39. The molecule has 0 aliphatic heterocycles. The molecule has 0 unspecified atom stereocenters. The number of nitrogens with zero attached hydrogens (tertiary/aromatic N) is 2. The van der Waals surface area contributed by atoms with Crippen molar-refractivity contribution < 1.29 is 4.74 Å². The first-order valence-electron chi connectivity index (χ1n) is 4.02. The summed E-state index contributed by atoms with van der Waals surface area (Å²) in [5.41, 5.74) is 0. The molecule has 0 amide bonds. The predicted molar refractivity (Wildman–Crippen MR) is 62.7 cm³/mol. The molecular formula is C8H6Cl2N2OS2. The van der Waals surface area contributed by atoms with Crippen LogP contribution >= 0.6 is 45.9 Å². The summed E-state index contributed by atoms with van der Waals surface area (Å²) in [6.07, 6.45) is 3.43. The van der Waals surface area contributed by atoms with Gasteiger partial charge in [-0.1, -0.05) is 23.2 Å². The second-order valence-corrected chi connectivity index (χ2v) is 6.05. The lowest BCUT2D eigenvalue weighted by molar-refractivity contribution is 0.111. The van der Waals surface area contributed by atoms with Gasteiger partial charge in [0.1, 0.15) is 0 Å². The number of aromatic nitrogens is 2. The van der Waals surface area contributed by atoms with Crippen LogP contribution in [0.4, 0.5) is 0 Å². The second-order valence-electron chi connectivity index (χ2n) is 2.65. The first-order chi connectivity index (χ1) is 7.24. The molecule has 0 radical (unpaired) electrons. The van der Waals surface area contributed by atoms with Gasteiger partial charge in [0.05, 0.1) is 23.0 Å². The fourth-order valence-corrected chi connectivity index (χ4v) is 2.78. The van der Waals surface area contributed by atoms with Gasteiger partial charge in [-0.2, -0.15) is 0 Å². The van der Waals surface area contributed by atoms with Crippen LogP contribution in [0.25, 0.3) is 0 Å². The summed E-state index contributed by atoms with van der Waals surface area (Å²) in [6.45, 7) is 1.03. The lowest BCUT2D eigenvalue weighted by Crippen LogP contribution is -1.89. The molecule has 2 heterocycles. The summed E-state index contributed by atoms with van der Waals surface area (Å²) in [5, 5.41) is 0. The van der Waals surface area contributed by atoms with Crippen LogP contribution in [0.15, 0.2) is 12.4 Å². The second kappa shape index (κ2) is 5.23. The fourth-order valence-electron chi connectivity index (χ4n) is 0.953. The maximum absolute atomic E-state index is 5.69. The van der Waals surface area contributed by atoms with Gasteiger partial charge in [-0.15, -0.1) is 22.7 Å².